The summed E-state index contributed by atoms with van der Waals surface area (Å²) in [6, 6.07) is 12.0. The minimum absolute atomic E-state index is 0.0298. The first kappa shape index (κ1) is 25.1. The van der Waals surface area contributed by atoms with Gasteiger partial charge in [0.2, 0.25) is 5.82 Å². The largest absolute Gasteiger partial charge is 0.434 e. The third-order valence-electron chi connectivity index (χ3n) is 8.11. The van der Waals surface area contributed by atoms with Crippen molar-refractivity contribution in [2.24, 2.45) is 0 Å². The summed E-state index contributed by atoms with van der Waals surface area (Å²) in [5, 5.41) is 18.1. The highest BCUT2D eigenvalue weighted by Crippen LogP contribution is 2.46. The molecule has 40 heavy (non-hydrogen) atoms. The first-order valence-electron chi connectivity index (χ1n) is 13.5. The minimum Gasteiger partial charge on any atom is -0.434 e. The van der Waals surface area contributed by atoms with Crippen LogP contribution >= 0.6 is 0 Å². The van der Waals surface area contributed by atoms with Crippen molar-refractivity contribution in [1.82, 2.24) is 25.8 Å². The Labute approximate surface area is 227 Å². The molecule has 4 heterocycles. The average Bonchev–Trinajstić information content (AvgIpc) is 3.35. The van der Waals surface area contributed by atoms with Gasteiger partial charge in [0.05, 0.1) is 18.4 Å². The first-order chi connectivity index (χ1) is 19.5. The van der Waals surface area contributed by atoms with E-state index in [0.717, 1.165) is 49.8 Å². The maximum atomic E-state index is 15.2. The number of piperidine rings is 1. The quantitative estimate of drug-likeness (QED) is 0.276. The number of halogens is 3. The predicted octanol–water partition coefficient (Wildman–Crippen LogP) is 5.86. The molecule has 4 aromatic rings. The number of aromatic nitrogens is 5. The van der Waals surface area contributed by atoms with E-state index in [0.29, 0.717) is 28.3 Å². The summed E-state index contributed by atoms with van der Waals surface area (Å²) < 4.78 is 58.3. The van der Waals surface area contributed by atoms with E-state index < -0.39 is 6.61 Å². The van der Waals surface area contributed by atoms with Gasteiger partial charge in [-0.25, -0.2) is 4.39 Å². The van der Waals surface area contributed by atoms with Gasteiger partial charge in [-0.15, -0.1) is 10.2 Å². The lowest BCUT2D eigenvalue weighted by atomic mass is 9.98. The van der Waals surface area contributed by atoms with Gasteiger partial charge in [0, 0.05) is 34.7 Å². The van der Waals surface area contributed by atoms with Crippen molar-refractivity contribution in [2.45, 2.75) is 75.8 Å². The Morgan fingerprint density at radius 1 is 1.05 bits per heavy atom. The molecule has 12 heteroatoms. The molecule has 2 bridgehead atoms. The zero-order valence-corrected chi connectivity index (χ0v) is 21.5. The van der Waals surface area contributed by atoms with Crippen molar-refractivity contribution in [3.8, 4) is 28.4 Å². The molecule has 7 rings (SSSR count). The van der Waals surface area contributed by atoms with Crippen molar-refractivity contribution < 1.29 is 27.2 Å². The number of nitrogens with one attached hydrogen (secondary N) is 1. The van der Waals surface area contributed by atoms with Crippen molar-refractivity contribution in [2.75, 3.05) is 4.90 Å². The Hall–Kier alpha value is -3.93. The molecule has 3 aliphatic rings. The molecule has 0 amide bonds. The maximum absolute atomic E-state index is 15.2. The highest BCUT2D eigenvalue weighted by molar-refractivity contribution is 5.70. The van der Waals surface area contributed by atoms with E-state index in [4.69, 9.17) is 14.0 Å². The molecule has 2 aromatic heterocycles. The molecule has 0 radical (unpaired) electrons. The SMILES string of the molecule is Fc1cc(-c2nn[nH]n2)ccc1N1C2CCC1CC(OCc1c(-c3ccccc3OC(F)F)noc1C1CC1)C2. The number of benzene rings is 2. The van der Waals surface area contributed by atoms with E-state index in [9.17, 15) is 8.78 Å². The molecule has 1 N–H and O–H groups in total. The number of alkyl halides is 2. The zero-order chi connectivity index (χ0) is 27.2. The summed E-state index contributed by atoms with van der Waals surface area (Å²) in [7, 11) is 0. The van der Waals surface area contributed by atoms with Crippen LogP contribution in [0.3, 0.4) is 0 Å². The number of rotatable bonds is 9. The third-order valence-corrected chi connectivity index (χ3v) is 8.11. The molecule has 2 aliphatic heterocycles. The monoisotopic (exact) mass is 552 g/mol. The van der Waals surface area contributed by atoms with Crippen LogP contribution in [0, 0.1) is 5.82 Å². The van der Waals surface area contributed by atoms with Gasteiger partial charge >= 0.3 is 6.61 Å². The number of H-pyrrole nitrogens is 1. The topological polar surface area (TPSA) is 102 Å². The molecule has 1 saturated carbocycles. The van der Waals surface area contributed by atoms with Gasteiger partial charge in [0.25, 0.3) is 0 Å². The number of hydrogen-bond acceptors (Lipinski definition) is 8. The number of ether oxygens (including phenoxy) is 2. The van der Waals surface area contributed by atoms with Gasteiger partial charge in [0.15, 0.2) is 0 Å². The molecular weight excluding hydrogens is 525 g/mol. The van der Waals surface area contributed by atoms with Crippen molar-refractivity contribution in [1.29, 1.82) is 0 Å². The second-order valence-corrected chi connectivity index (χ2v) is 10.6. The van der Waals surface area contributed by atoms with Crippen molar-refractivity contribution in [3.05, 3.63) is 59.6 Å². The van der Waals surface area contributed by atoms with Crippen LogP contribution in [-0.2, 0) is 11.3 Å². The summed E-state index contributed by atoms with van der Waals surface area (Å²) in [6.07, 6.45) is 5.40. The summed E-state index contributed by atoms with van der Waals surface area (Å²) in [6.45, 7) is -2.69. The predicted molar refractivity (Wildman–Crippen MR) is 137 cm³/mol. The van der Waals surface area contributed by atoms with Crippen LogP contribution in [0.1, 0.15) is 55.8 Å². The van der Waals surface area contributed by atoms with Crippen LogP contribution in [0.2, 0.25) is 0 Å². The molecule has 2 atom stereocenters. The lowest BCUT2D eigenvalue weighted by molar-refractivity contribution is -0.0494. The number of aromatic amines is 1. The number of hydrogen-bond donors (Lipinski definition) is 1. The van der Waals surface area contributed by atoms with Crippen LogP contribution in [-0.4, -0.2) is 50.6 Å². The standard InChI is InChI=1S/C28H27F3N6O3/c29-22-11-16(27-32-35-36-33-27)7-10-23(22)37-17-8-9-18(37)13-19(12-17)38-14-21-25(34-40-26(21)15-5-6-15)20-3-1-2-4-24(20)39-28(30)31/h1-4,7,10-11,15,17-19,28H,5-6,8-9,12-14H2,(H,32,33,35,36). The Bertz CT molecular complexity index is 1480. The van der Waals surface area contributed by atoms with Gasteiger partial charge < -0.3 is 18.9 Å². The summed E-state index contributed by atoms with van der Waals surface area (Å²) in [5.41, 5.74) is 2.85. The fourth-order valence-corrected chi connectivity index (χ4v) is 6.20. The van der Waals surface area contributed by atoms with Crippen LogP contribution in [0.5, 0.6) is 5.75 Å². The lowest BCUT2D eigenvalue weighted by Crippen LogP contribution is -2.46. The van der Waals surface area contributed by atoms with Crippen LogP contribution in [0.15, 0.2) is 47.0 Å². The molecule has 9 nitrogen and oxygen atoms in total. The second-order valence-electron chi connectivity index (χ2n) is 10.6. The second kappa shape index (κ2) is 10.2. The summed E-state index contributed by atoms with van der Waals surface area (Å²) >= 11 is 0. The molecule has 2 saturated heterocycles. The van der Waals surface area contributed by atoms with E-state index >= 15 is 4.39 Å². The molecule has 2 unspecified atom stereocenters. The summed E-state index contributed by atoms with van der Waals surface area (Å²) in [5.74, 6) is 1.10. The molecular formula is C28H27F3N6O3. The zero-order valence-electron chi connectivity index (χ0n) is 21.5. The van der Waals surface area contributed by atoms with Gasteiger partial charge in [-0.1, -0.05) is 17.3 Å². The number of anilines is 1. The van der Waals surface area contributed by atoms with Gasteiger partial charge in [0.1, 0.15) is 23.0 Å². The van der Waals surface area contributed by atoms with E-state index in [1.807, 2.05) is 6.07 Å². The van der Waals surface area contributed by atoms with Gasteiger partial charge in [-0.2, -0.15) is 14.0 Å². The van der Waals surface area contributed by atoms with Crippen molar-refractivity contribution >= 4 is 5.69 Å². The van der Waals surface area contributed by atoms with Gasteiger partial charge in [-0.3, -0.25) is 0 Å². The minimum atomic E-state index is -2.95. The number of fused-ring (bicyclic) bond motifs is 2. The van der Waals surface area contributed by atoms with E-state index in [1.54, 1.807) is 24.3 Å². The molecule has 208 valence electrons. The maximum Gasteiger partial charge on any atom is 0.387 e. The third kappa shape index (κ3) is 4.70. The van der Waals surface area contributed by atoms with E-state index in [-0.39, 0.29) is 42.3 Å². The fraction of sp³-hybridized carbons (Fsp3) is 0.429. The molecule has 0 spiro atoms. The smallest absolute Gasteiger partial charge is 0.387 e. The lowest BCUT2D eigenvalue weighted by Gasteiger charge is -2.40. The fourth-order valence-electron chi connectivity index (χ4n) is 6.20. The average molecular weight is 553 g/mol. The number of para-hydroxylation sites is 1. The molecule has 3 fully saturated rings. The molecule has 2 aromatic carbocycles. The van der Waals surface area contributed by atoms with Crippen LogP contribution in [0.25, 0.3) is 22.6 Å². The van der Waals surface area contributed by atoms with Crippen molar-refractivity contribution in [3.63, 3.8) is 0 Å². The van der Waals surface area contributed by atoms with Gasteiger partial charge in [-0.05, 0) is 74.1 Å². The summed E-state index contributed by atoms with van der Waals surface area (Å²) in [4.78, 5) is 2.19. The molecule has 1 aliphatic carbocycles. The van der Waals surface area contributed by atoms with E-state index in [2.05, 4.69) is 30.7 Å². The van der Waals surface area contributed by atoms with Crippen LogP contribution in [0.4, 0.5) is 18.9 Å². The number of nitrogens with zero attached hydrogens (tertiary/aromatic N) is 5. The normalized spacial score (nSPS) is 22.3. The highest BCUT2D eigenvalue weighted by Gasteiger charge is 2.42. The Balaban J connectivity index is 1.08. The number of tetrazole rings is 1. The Morgan fingerprint density at radius 2 is 1.85 bits per heavy atom. The Kier molecular flexibility index (Phi) is 6.41. The Morgan fingerprint density at radius 3 is 2.55 bits per heavy atom. The van der Waals surface area contributed by atoms with Crippen LogP contribution < -0.4 is 9.64 Å². The highest BCUT2D eigenvalue weighted by atomic mass is 19.3. The first-order valence-corrected chi connectivity index (χ1v) is 13.5. The van der Waals surface area contributed by atoms with E-state index in [1.165, 1.54) is 12.1 Å².